The third-order valence-electron chi connectivity index (χ3n) is 24.7. The van der Waals surface area contributed by atoms with Gasteiger partial charge in [0.15, 0.2) is 64.1 Å². The lowest BCUT2D eigenvalue weighted by atomic mass is 9.87. The number of furan rings is 2. The van der Waals surface area contributed by atoms with Crippen LogP contribution in [-0.2, 0) is 6.42 Å². The van der Waals surface area contributed by atoms with E-state index in [1.165, 1.54) is 10.8 Å². The summed E-state index contributed by atoms with van der Waals surface area (Å²) in [4.78, 5) is 63.4. The molecule has 0 aliphatic heterocycles. The molecule has 8 heterocycles. The van der Waals surface area contributed by atoms with Crippen molar-refractivity contribution in [2.75, 3.05) is 0 Å². The van der Waals surface area contributed by atoms with Crippen molar-refractivity contribution in [2.45, 2.75) is 12.3 Å². The molecule has 25 rings (SSSR count). The van der Waals surface area contributed by atoms with E-state index in [0.717, 1.165) is 161 Å². The van der Waals surface area contributed by atoms with Crippen molar-refractivity contribution in [3.8, 4) is 159 Å². The lowest BCUT2D eigenvalue weighted by Gasteiger charge is -2.21. The molecule has 0 radical (unpaired) electrons. The van der Waals surface area contributed by atoms with Gasteiger partial charge in [-0.3, -0.25) is 4.57 Å². The molecule has 0 N–H and O–H groups in total. The molecule has 0 fully saturated rings. The molecule has 1 aliphatic rings. The fourth-order valence-corrected chi connectivity index (χ4v) is 18.5. The molecule has 608 valence electrons. The summed E-state index contributed by atoms with van der Waals surface area (Å²) in [6.07, 6.45) is 5.21. The van der Waals surface area contributed by atoms with Gasteiger partial charge < -0.3 is 13.4 Å². The summed E-state index contributed by atoms with van der Waals surface area (Å²) in [5, 5.41) is 7.08. The Labute approximate surface area is 744 Å². The number of hydrogen-bond donors (Lipinski definition) is 0. The van der Waals surface area contributed by atoms with Gasteiger partial charge in [0.05, 0.1) is 16.6 Å². The standard InChI is InChI=1S/C114H70N14O2/c1-6-28-69(29-7-1)103-115-104(70-30-8-2-9-31-70)117-108(116-103)80-41-22-38-74(62-80)78-58-61-98-92(67-78)102-90(50-27-55-100(102)130-98)113-123-107(73-36-14-5-15-37-73)125-114(126-113)128-95-53-21-18-48-87(95)88-59-56-79(68-96(88)128)76-40-24-43-82(64-76)110-119-105(71-32-10-3-11-33-71)118-109(121-110)81-42-23-39-75(63-81)77-57-60-97-91(66-77)101-89(49-26-54-99(101)129-97)112-122-106(72-34-12-4-13-35-72)120-111(124-112)83-44-25-45-84(65-83)127-93-51-19-16-46-85(93)86-47-17-20-52-94(86)127/h1-67,79H,68H2. The van der Waals surface area contributed by atoms with Crippen molar-refractivity contribution in [2.24, 2.45) is 0 Å². The molecule has 130 heavy (non-hydrogen) atoms. The fraction of sp³-hybridized carbons (Fsp3) is 0.0175. The van der Waals surface area contributed by atoms with E-state index in [1.54, 1.807) is 0 Å². The summed E-state index contributed by atoms with van der Waals surface area (Å²) in [5.74, 6) is 6.47. The van der Waals surface area contributed by atoms with Gasteiger partial charge in [0.25, 0.3) is 0 Å². The molecule has 16 aromatic carbocycles. The molecule has 8 aromatic heterocycles. The third-order valence-corrected chi connectivity index (χ3v) is 24.7. The number of aromatic nitrogens is 14. The van der Waals surface area contributed by atoms with Crippen molar-refractivity contribution in [3.63, 3.8) is 0 Å². The van der Waals surface area contributed by atoms with Crippen LogP contribution < -0.4 is 0 Å². The average molecular weight is 1670 g/mol. The number of benzene rings is 16. The van der Waals surface area contributed by atoms with Crippen molar-refractivity contribution in [1.82, 2.24) is 68.9 Å². The van der Waals surface area contributed by atoms with Gasteiger partial charge in [0.2, 0.25) is 5.95 Å². The van der Waals surface area contributed by atoms with Gasteiger partial charge in [-0.25, -0.2) is 49.8 Å². The highest BCUT2D eigenvalue weighted by Crippen LogP contribution is 2.45. The second-order valence-corrected chi connectivity index (χ2v) is 32.6. The third kappa shape index (κ3) is 13.3. The van der Waals surface area contributed by atoms with Gasteiger partial charge in [-0.15, -0.1) is 0 Å². The van der Waals surface area contributed by atoms with Crippen LogP contribution in [0.15, 0.2) is 409 Å². The Balaban J connectivity index is 0.552. The summed E-state index contributed by atoms with van der Waals surface area (Å²) in [5.41, 5.74) is 23.7. The molecular weight excluding hydrogens is 1600 g/mol. The summed E-state index contributed by atoms with van der Waals surface area (Å²) in [7, 11) is 0. The molecule has 24 aromatic rings. The molecular formula is C114H70N14O2. The van der Waals surface area contributed by atoms with Crippen molar-refractivity contribution < 1.29 is 8.83 Å². The van der Waals surface area contributed by atoms with Crippen molar-refractivity contribution in [3.05, 3.63) is 417 Å². The lowest BCUT2D eigenvalue weighted by molar-refractivity contribution is 0.668. The van der Waals surface area contributed by atoms with Gasteiger partial charge in [-0.2, -0.15) is 9.97 Å². The molecule has 0 bridgehead atoms. The van der Waals surface area contributed by atoms with Crippen LogP contribution in [0, 0.1) is 0 Å². The minimum Gasteiger partial charge on any atom is -0.456 e. The first-order valence-corrected chi connectivity index (χ1v) is 43.3. The minimum absolute atomic E-state index is 0.0855. The van der Waals surface area contributed by atoms with E-state index in [0.29, 0.717) is 87.6 Å². The SMILES string of the molecule is C1=CC(c2cccc(-c3nc(-c4ccccc4)nc(-c4cccc(-c5ccc6oc7cccc(-c8nc(-c9ccccc9)nc(-c9cccc(-n%10c%11ccccc%11c%11ccccc%11%10)c9)n8)c7c6c5)c4)n3)c2)Cc2c1c1ccccc1n2-c1nc(-c2ccccc2)nc(-c2cccc3oc4ccc(-c5cccc(-c6nc(-c7ccccc7)nc(-c7ccccc7)n6)c5)cc4c23)n1. The fourth-order valence-electron chi connectivity index (χ4n) is 18.5. The molecule has 0 saturated carbocycles. The van der Waals surface area contributed by atoms with E-state index in [9.17, 15) is 0 Å². The maximum Gasteiger partial charge on any atom is 0.238 e. The van der Waals surface area contributed by atoms with E-state index in [2.05, 4.69) is 234 Å². The Morgan fingerprint density at radius 3 is 1.02 bits per heavy atom. The van der Waals surface area contributed by atoms with Crippen LogP contribution in [-0.4, -0.2) is 68.9 Å². The number of fused-ring (bicyclic) bond motifs is 12. The van der Waals surface area contributed by atoms with Gasteiger partial charge in [0, 0.05) is 122 Å². The normalized spacial score (nSPS) is 12.6. The number of allylic oxidation sites excluding steroid dienone is 1. The Morgan fingerprint density at radius 2 is 0.554 bits per heavy atom. The van der Waals surface area contributed by atoms with Gasteiger partial charge in [-0.05, 0) is 119 Å². The molecule has 0 amide bonds. The van der Waals surface area contributed by atoms with Crippen LogP contribution >= 0.6 is 0 Å². The van der Waals surface area contributed by atoms with E-state index < -0.39 is 0 Å². The van der Waals surface area contributed by atoms with Crippen LogP contribution in [0.1, 0.15) is 22.7 Å². The second-order valence-electron chi connectivity index (χ2n) is 32.6. The number of para-hydroxylation sites is 3. The van der Waals surface area contributed by atoms with Crippen molar-refractivity contribution >= 4 is 82.7 Å². The molecule has 0 saturated heterocycles. The highest BCUT2D eigenvalue weighted by atomic mass is 16.3. The quantitative estimate of drug-likeness (QED) is 0.0887. The first-order valence-electron chi connectivity index (χ1n) is 43.3. The Hall–Kier alpha value is -17.8. The smallest absolute Gasteiger partial charge is 0.238 e. The summed E-state index contributed by atoms with van der Waals surface area (Å²) >= 11 is 0. The number of rotatable bonds is 16. The highest BCUT2D eigenvalue weighted by molar-refractivity contribution is 6.15. The Morgan fingerprint density at radius 1 is 0.223 bits per heavy atom. The minimum atomic E-state index is -0.0855. The first kappa shape index (κ1) is 74.8. The van der Waals surface area contributed by atoms with E-state index in [4.69, 9.17) is 68.6 Å². The second kappa shape index (κ2) is 31.2. The summed E-state index contributed by atoms with van der Waals surface area (Å²) < 4.78 is 18.1. The molecule has 1 unspecified atom stereocenters. The summed E-state index contributed by atoms with van der Waals surface area (Å²) in [6, 6.07) is 135. The first-order chi connectivity index (χ1) is 64.4. The van der Waals surface area contributed by atoms with Crippen LogP contribution in [0.5, 0.6) is 0 Å². The predicted molar refractivity (Wildman–Crippen MR) is 518 cm³/mol. The van der Waals surface area contributed by atoms with E-state index >= 15 is 0 Å². The molecule has 16 nitrogen and oxygen atoms in total. The van der Waals surface area contributed by atoms with Gasteiger partial charge in [0.1, 0.15) is 22.3 Å². The maximum atomic E-state index is 6.76. The molecule has 1 aliphatic carbocycles. The average Bonchev–Trinajstić information content (AvgIpc) is 1.57. The predicted octanol–water partition coefficient (Wildman–Crippen LogP) is 27.3. The number of nitrogens with zero attached hydrogens (tertiary/aromatic N) is 14. The molecule has 16 heteroatoms. The number of hydrogen-bond acceptors (Lipinski definition) is 14. The summed E-state index contributed by atoms with van der Waals surface area (Å²) in [6.45, 7) is 0. The Bertz CT molecular complexity index is 8560. The van der Waals surface area contributed by atoms with E-state index in [-0.39, 0.29) is 5.92 Å². The largest absolute Gasteiger partial charge is 0.456 e. The van der Waals surface area contributed by atoms with Crippen molar-refractivity contribution in [1.29, 1.82) is 0 Å². The van der Waals surface area contributed by atoms with Crippen LogP contribution in [0.3, 0.4) is 0 Å². The Kier molecular flexibility index (Phi) is 17.9. The molecule has 1 atom stereocenters. The topological polar surface area (TPSA) is 191 Å². The van der Waals surface area contributed by atoms with Crippen LogP contribution in [0.2, 0.25) is 0 Å². The lowest BCUT2D eigenvalue weighted by Crippen LogP contribution is -2.13. The maximum absolute atomic E-state index is 6.76. The van der Waals surface area contributed by atoms with Gasteiger partial charge in [-0.1, -0.05) is 322 Å². The van der Waals surface area contributed by atoms with Crippen LogP contribution in [0.4, 0.5) is 0 Å². The monoisotopic (exact) mass is 1670 g/mol. The highest BCUT2D eigenvalue weighted by Gasteiger charge is 2.29. The van der Waals surface area contributed by atoms with E-state index in [1.807, 2.05) is 182 Å². The van der Waals surface area contributed by atoms with Crippen LogP contribution in [0.25, 0.3) is 242 Å². The zero-order chi connectivity index (χ0) is 85.7. The zero-order valence-electron chi connectivity index (χ0n) is 69.5. The zero-order valence-corrected chi connectivity index (χ0v) is 69.5. The molecule has 0 spiro atoms. The van der Waals surface area contributed by atoms with Gasteiger partial charge >= 0.3 is 0 Å².